The van der Waals surface area contributed by atoms with Crippen LogP contribution in [-0.4, -0.2) is 29.2 Å². The van der Waals surface area contributed by atoms with Crippen molar-refractivity contribution in [1.82, 2.24) is 4.90 Å². The van der Waals surface area contributed by atoms with Crippen LogP contribution in [0.1, 0.15) is 38.8 Å². The number of hydrogen-bond acceptors (Lipinski definition) is 2. The number of fused-ring (bicyclic) bond motifs is 2. The number of rotatable bonds is 2. The minimum absolute atomic E-state index is 0.173. The lowest BCUT2D eigenvalue weighted by molar-refractivity contribution is 0.239. The standard InChI is InChI=1S/C16H22N2/c1-12(13-7-5-4-6-8-13)17-15-14-9-10-18(11-14)16(15,2)3/h4-8,12,14H,9-11H2,1-3H3/t12-,14?/m0/s1. The molecule has 2 fully saturated rings. The number of aliphatic imine (C=N–C) groups is 1. The maximum absolute atomic E-state index is 5.06. The smallest absolute Gasteiger partial charge is 0.0721 e. The Morgan fingerprint density at radius 1 is 1.28 bits per heavy atom. The van der Waals surface area contributed by atoms with Crippen LogP contribution in [0.25, 0.3) is 0 Å². The second-order valence-corrected chi connectivity index (χ2v) is 6.09. The lowest BCUT2D eigenvalue weighted by atomic mass is 9.88. The Kier molecular flexibility index (Phi) is 2.78. The topological polar surface area (TPSA) is 15.6 Å². The molecule has 2 heterocycles. The Balaban J connectivity index is 1.89. The largest absolute Gasteiger partial charge is 0.292 e. The predicted molar refractivity (Wildman–Crippen MR) is 76.1 cm³/mol. The third kappa shape index (κ3) is 1.79. The second kappa shape index (κ2) is 4.20. The van der Waals surface area contributed by atoms with Crippen molar-refractivity contribution in [2.75, 3.05) is 13.1 Å². The molecule has 3 atom stereocenters. The highest BCUT2D eigenvalue weighted by molar-refractivity contribution is 5.98. The van der Waals surface area contributed by atoms with Crippen molar-refractivity contribution in [2.24, 2.45) is 10.9 Å². The monoisotopic (exact) mass is 242 g/mol. The molecule has 0 saturated carbocycles. The summed E-state index contributed by atoms with van der Waals surface area (Å²) < 4.78 is 0. The minimum atomic E-state index is 0.173. The molecule has 2 nitrogen and oxygen atoms in total. The molecule has 3 rings (SSSR count). The molecule has 18 heavy (non-hydrogen) atoms. The van der Waals surface area contributed by atoms with Gasteiger partial charge < -0.3 is 0 Å². The number of nitrogens with zero attached hydrogens (tertiary/aromatic N) is 2. The predicted octanol–water partition coefficient (Wildman–Crippen LogP) is 3.30. The molecule has 0 amide bonds. The van der Waals surface area contributed by atoms with Gasteiger partial charge in [0.25, 0.3) is 0 Å². The fourth-order valence-corrected chi connectivity index (χ4v) is 3.43. The molecule has 2 bridgehead atoms. The number of hydrogen-bond donors (Lipinski definition) is 0. The van der Waals surface area contributed by atoms with Crippen LogP contribution in [0.2, 0.25) is 0 Å². The number of benzene rings is 1. The van der Waals surface area contributed by atoms with Crippen LogP contribution in [-0.2, 0) is 0 Å². The van der Waals surface area contributed by atoms with E-state index in [0.717, 1.165) is 0 Å². The van der Waals surface area contributed by atoms with Gasteiger partial charge in [-0.1, -0.05) is 30.3 Å². The van der Waals surface area contributed by atoms with Crippen molar-refractivity contribution in [1.29, 1.82) is 0 Å². The normalized spacial score (nSPS) is 32.9. The SMILES string of the molecule is C[C@H](N=C1C2CCN(C2)C1(C)C)c1ccccc1. The van der Waals surface area contributed by atoms with Crippen LogP contribution >= 0.6 is 0 Å². The molecule has 2 unspecified atom stereocenters. The molecular weight excluding hydrogens is 220 g/mol. The van der Waals surface area contributed by atoms with Crippen LogP contribution in [0.15, 0.2) is 35.3 Å². The van der Waals surface area contributed by atoms with Crippen molar-refractivity contribution in [3.8, 4) is 0 Å². The van der Waals surface area contributed by atoms with Gasteiger partial charge in [-0.2, -0.15) is 0 Å². The molecule has 2 heteroatoms. The van der Waals surface area contributed by atoms with E-state index in [1.54, 1.807) is 0 Å². The molecular formula is C16H22N2. The van der Waals surface area contributed by atoms with Gasteiger partial charge in [-0.3, -0.25) is 9.89 Å². The molecule has 2 aliphatic heterocycles. The molecule has 2 aliphatic rings. The summed E-state index contributed by atoms with van der Waals surface area (Å²) in [6, 6.07) is 10.9. The summed E-state index contributed by atoms with van der Waals surface area (Å²) in [5, 5.41) is 0. The summed E-state index contributed by atoms with van der Waals surface area (Å²) in [7, 11) is 0. The van der Waals surface area contributed by atoms with Gasteiger partial charge in [0.15, 0.2) is 0 Å². The first-order valence-electron chi connectivity index (χ1n) is 6.97. The second-order valence-electron chi connectivity index (χ2n) is 6.09. The highest BCUT2D eigenvalue weighted by Crippen LogP contribution is 2.39. The summed E-state index contributed by atoms with van der Waals surface area (Å²) in [5.41, 5.74) is 2.91. The van der Waals surface area contributed by atoms with Crippen LogP contribution in [0.4, 0.5) is 0 Å². The number of piperidine rings is 1. The zero-order valence-electron chi connectivity index (χ0n) is 11.6. The summed E-state index contributed by atoms with van der Waals surface area (Å²) in [5.74, 6) is 0.700. The van der Waals surface area contributed by atoms with E-state index < -0.39 is 0 Å². The molecule has 0 aliphatic carbocycles. The molecule has 1 aromatic carbocycles. The zero-order valence-corrected chi connectivity index (χ0v) is 11.6. The van der Waals surface area contributed by atoms with Crippen molar-refractivity contribution in [3.63, 3.8) is 0 Å². The van der Waals surface area contributed by atoms with Crippen molar-refractivity contribution in [3.05, 3.63) is 35.9 Å². The maximum Gasteiger partial charge on any atom is 0.0721 e. The Labute approximate surface area is 110 Å². The summed E-state index contributed by atoms with van der Waals surface area (Å²) in [6.45, 7) is 9.31. The van der Waals surface area contributed by atoms with Gasteiger partial charge >= 0.3 is 0 Å². The minimum Gasteiger partial charge on any atom is -0.292 e. The van der Waals surface area contributed by atoms with Gasteiger partial charge in [-0.25, -0.2) is 0 Å². The van der Waals surface area contributed by atoms with Crippen LogP contribution < -0.4 is 0 Å². The Morgan fingerprint density at radius 2 is 2.00 bits per heavy atom. The lowest BCUT2D eigenvalue weighted by Crippen LogP contribution is -2.45. The van der Waals surface area contributed by atoms with Crippen molar-refractivity contribution >= 4 is 5.71 Å². The Bertz CT molecular complexity index is 461. The highest BCUT2D eigenvalue weighted by Gasteiger charge is 2.48. The molecule has 0 radical (unpaired) electrons. The first-order chi connectivity index (χ1) is 8.59. The van der Waals surface area contributed by atoms with Crippen molar-refractivity contribution < 1.29 is 0 Å². The first-order valence-corrected chi connectivity index (χ1v) is 6.97. The quantitative estimate of drug-likeness (QED) is 0.777. The van der Waals surface area contributed by atoms with E-state index in [0.29, 0.717) is 5.92 Å². The Morgan fingerprint density at radius 3 is 2.61 bits per heavy atom. The van der Waals surface area contributed by atoms with Gasteiger partial charge in [0.2, 0.25) is 0 Å². The summed E-state index contributed by atoms with van der Waals surface area (Å²) in [6.07, 6.45) is 1.30. The van der Waals surface area contributed by atoms with E-state index in [1.165, 1.54) is 30.8 Å². The molecule has 2 saturated heterocycles. The maximum atomic E-state index is 5.06. The van der Waals surface area contributed by atoms with Crippen LogP contribution in [0, 0.1) is 5.92 Å². The van der Waals surface area contributed by atoms with Gasteiger partial charge in [-0.05, 0) is 39.3 Å². The van der Waals surface area contributed by atoms with Gasteiger partial charge in [-0.15, -0.1) is 0 Å². The van der Waals surface area contributed by atoms with Crippen LogP contribution in [0.5, 0.6) is 0 Å². The molecule has 0 aromatic heterocycles. The van der Waals surface area contributed by atoms with E-state index in [4.69, 9.17) is 4.99 Å². The van der Waals surface area contributed by atoms with Gasteiger partial charge in [0, 0.05) is 18.2 Å². The fraction of sp³-hybridized carbons (Fsp3) is 0.562. The van der Waals surface area contributed by atoms with Crippen molar-refractivity contribution in [2.45, 2.75) is 38.8 Å². The Hall–Kier alpha value is -1.15. The average molecular weight is 242 g/mol. The molecule has 1 aromatic rings. The molecule has 0 spiro atoms. The zero-order chi connectivity index (χ0) is 12.8. The van der Waals surface area contributed by atoms with E-state index in [2.05, 4.69) is 56.0 Å². The third-order valence-electron chi connectivity index (χ3n) is 4.61. The first kappa shape index (κ1) is 11.9. The van der Waals surface area contributed by atoms with E-state index >= 15 is 0 Å². The summed E-state index contributed by atoms with van der Waals surface area (Å²) in [4.78, 5) is 7.63. The summed E-state index contributed by atoms with van der Waals surface area (Å²) >= 11 is 0. The van der Waals surface area contributed by atoms with E-state index in [9.17, 15) is 0 Å². The fourth-order valence-electron chi connectivity index (χ4n) is 3.43. The lowest BCUT2D eigenvalue weighted by Gasteiger charge is -2.34. The average Bonchev–Trinajstić information content (AvgIpc) is 2.93. The van der Waals surface area contributed by atoms with E-state index in [1.807, 2.05) is 0 Å². The highest BCUT2D eigenvalue weighted by atomic mass is 15.3. The molecule has 0 N–H and O–H groups in total. The van der Waals surface area contributed by atoms with Gasteiger partial charge in [0.05, 0.1) is 11.6 Å². The third-order valence-corrected chi connectivity index (χ3v) is 4.61. The van der Waals surface area contributed by atoms with E-state index in [-0.39, 0.29) is 11.6 Å². The molecule has 96 valence electrons. The van der Waals surface area contributed by atoms with Gasteiger partial charge in [0.1, 0.15) is 0 Å². The van der Waals surface area contributed by atoms with Crippen LogP contribution in [0.3, 0.4) is 0 Å².